The summed E-state index contributed by atoms with van der Waals surface area (Å²) in [6.07, 6.45) is 0. The smallest absolute Gasteiger partial charge is 0.261 e. The summed E-state index contributed by atoms with van der Waals surface area (Å²) >= 11 is 14.0. The summed E-state index contributed by atoms with van der Waals surface area (Å²) < 4.78 is 1.08. The van der Waals surface area contributed by atoms with E-state index in [-0.39, 0.29) is 18.3 Å². The first-order valence-electron chi connectivity index (χ1n) is 9.71. The molecule has 0 spiro atoms. The molecule has 3 rings (SSSR count). The minimum atomic E-state index is -0.182. The molecule has 0 saturated heterocycles. The lowest BCUT2D eigenvalue weighted by Crippen LogP contribution is -2.39. The number of amides is 1. The summed E-state index contributed by atoms with van der Waals surface area (Å²) in [5.74, 6) is -0.182. The van der Waals surface area contributed by atoms with E-state index in [1.54, 1.807) is 23.1 Å². The number of benzene rings is 2. The highest BCUT2D eigenvalue weighted by atomic mass is 35.5. The van der Waals surface area contributed by atoms with Crippen LogP contribution in [0.1, 0.15) is 35.3 Å². The van der Waals surface area contributed by atoms with E-state index in [9.17, 15) is 4.79 Å². The van der Waals surface area contributed by atoms with Gasteiger partial charge < -0.3 is 4.90 Å². The van der Waals surface area contributed by atoms with Gasteiger partial charge in [0.05, 0.1) is 20.8 Å². The number of aryl methyl sites for hydroxylation is 2. The predicted octanol–water partition coefficient (Wildman–Crippen LogP) is 6.63. The van der Waals surface area contributed by atoms with Gasteiger partial charge in [-0.25, -0.2) is 4.98 Å². The minimum absolute atomic E-state index is 0. The van der Waals surface area contributed by atoms with Crippen LogP contribution in [0, 0.1) is 13.8 Å². The Balaban J connectivity index is 0.00000320. The maximum atomic E-state index is 13.5. The van der Waals surface area contributed by atoms with Gasteiger partial charge in [0.2, 0.25) is 0 Å². The molecule has 0 aliphatic rings. The summed E-state index contributed by atoms with van der Waals surface area (Å²) in [7, 11) is 0. The fourth-order valence-corrected chi connectivity index (χ4v) is 4.88. The second kappa shape index (κ2) is 10.8. The van der Waals surface area contributed by atoms with Crippen molar-refractivity contribution >= 4 is 68.2 Å². The predicted molar refractivity (Wildman–Crippen MR) is 132 cm³/mol. The quantitative estimate of drug-likeness (QED) is 0.376. The molecule has 1 aromatic heterocycles. The standard InChI is InChI=1S/C22H25Cl2N3OS.ClH/c1-5-26(6-2)9-10-27(21(28)17-13-16(23)7-8-18(17)24)22-25-20-15(4)11-14(3)12-19(20)29-22;/h7-8,11-13H,5-6,9-10H2,1-4H3;1H. The fraction of sp³-hybridized carbons (Fsp3) is 0.364. The Kier molecular flexibility index (Phi) is 8.95. The maximum Gasteiger partial charge on any atom is 0.261 e. The molecule has 162 valence electrons. The van der Waals surface area contributed by atoms with Crippen molar-refractivity contribution in [2.75, 3.05) is 31.1 Å². The van der Waals surface area contributed by atoms with E-state index in [1.165, 1.54) is 16.9 Å². The highest BCUT2D eigenvalue weighted by Crippen LogP contribution is 2.33. The van der Waals surface area contributed by atoms with Crippen molar-refractivity contribution in [3.05, 3.63) is 57.1 Å². The minimum Gasteiger partial charge on any atom is -0.302 e. The molecular weight excluding hydrogens is 461 g/mol. The molecule has 2 aromatic carbocycles. The van der Waals surface area contributed by atoms with Gasteiger partial charge >= 0.3 is 0 Å². The molecule has 4 nitrogen and oxygen atoms in total. The molecule has 1 amide bonds. The highest BCUT2D eigenvalue weighted by molar-refractivity contribution is 7.22. The Morgan fingerprint density at radius 1 is 1.07 bits per heavy atom. The van der Waals surface area contributed by atoms with Crippen LogP contribution in [-0.4, -0.2) is 42.0 Å². The Bertz CT molecular complexity index is 1030. The average molecular weight is 487 g/mol. The zero-order chi connectivity index (χ0) is 21.1. The van der Waals surface area contributed by atoms with E-state index < -0.39 is 0 Å². The monoisotopic (exact) mass is 485 g/mol. The van der Waals surface area contributed by atoms with Crippen LogP contribution in [0.3, 0.4) is 0 Å². The molecule has 0 saturated carbocycles. The number of hydrogen-bond acceptors (Lipinski definition) is 4. The van der Waals surface area contributed by atoms with Gasteiger partial charge in [-0.2, -0.15) is 0 Å². The van der Waals surface area contributed by atoms with Crippen molar-refractivity contribution < 1.29 is 4.79 Å². The maximum absolute atomic E-state index is 13.5. The number of nitrogens with zero attached hydrogens (tertiary/aromatic N) is 3. The van der Waals surface area contributed by atoms with Crippen molar-refractivity contribution in [1.82, 2.24) is 9.88 Å². The summed E-state index contributed by atoms with van der Waals surface area (Å²) in [5, 5.41) is 1.56. The molecule has 3 aromatic rings. The first kappa shape index (κ1) is 24.9. The lowest BCUT2D eigenvalue weighted by molar-refractivity contribution is 0.0984. The number of likely N-dealkylation sites (N-methyl/N-ethyl adjacent to an activating group) is 1. The fourth-order valence-electron chi connectivity index (χ4n) is 3.35. The lowest BCUT2D eigenvalue weighted by atomic mass is 10.1. The number of thiazole rings is 1. The highest BCUT2D eigenvalue weighted by Gasteiger charge is 2.24. The van der Waals surface area contributed by atoms with Crippen molar-refractivity contribution in [3.63, 3.8) is 0 Å². The number of hydrogen-bond donors (Lipinski definition) is 0. The molecule has 8 heteroatoms. The van der Waals surface area contributed by atoms with Crippen LogP contribution < -0.4 is 4.90 Å². The van der Waals surface area contributed by atoms with Crippen LogP contribution in [0.2, 0.25) is 10.0 Å². The van der Waals surface area contributed by atoms with E-state index in [2.05, 4.69) is 44.7 Å². The van der Waals surface area contributed by atoms with Gasteiger partial charge in [0.1, 0.15) is 0 Å². The largest absolute Gasteiger partial charge is 0.302 e. The molecule has 30 heavy (non-hydrogen) atoms. The third kappa shape index (κ3) is 5.45. The molecular formula is C22H26Cl3N3OS. The van der Waals surface area contributed by atoms with Gasteiger partial charge in [0, 0.05) is 18.1 Å². The van der Waals surface area contributed by atoms with Crippen LogP contribution in [0.4, 0.5) is 5.13 Å². The Hall–Kier alpha value is -1.37. The zero-order valence-electron chi connectivity index (χ0n) is 17.5. The van der Waals surface area contributed by atoms with Gasteiger partial charge in [-0.1, -0.05) is 54.5 Å². The Morgan fingerprint density at radius 2 is 1.77 bits per heavy atom. The Morgan fingerprint density at radius 3 is 2.43 bits per heavy atom. The van der Waals surface area contributed by atoms with Gasteiger partial charge in [-0.15, -0.1) is 12.4 Å². The first-order chi connectivity index (χ1) is 13.8. The molecule has 0 aliphatic heterocycles. The molecule has 0 atom stereocenters. The topological polar surface area (TPSA) is 36.4 Å². The third-order valence-electron chi connectivity index (χ3n) is 4.99. The molecule has 0 radical (unpaired) electrons. The van der Waals surface area contributed by atoms with E-state index in [0.717, 1.165) is 35.4 Å². The number of aromatic nitrogens is 1. The summed E-state index contributed by atoms with van der Waals surface area (Å²) in [6, 6.07) is 9.19. The summed E-state index contributed by atoms with van der Waals surface area (Å²) in [5.41, 5.74) is 3.63. The van der Waals surface area contributed by atoms with Gasteiger partial charge in [0.15, 0.2) is 5.13 Å². The van der Waals surface area contributed by atoms with Crippen LogP contribution in [0.15, 0.2) is 30.3 Å². The normalized spacial score (nSPS) is 11.0. The molecule has 0 fully saturated rings. The molecule has 0 bridgehead atoms. The summed E-state index contributed by atoms with van der Waals surface area (Å²) in [6.45, 7) is 11.5. The zero-order valence-corrected chi connectivity index (χ0v) is 20.7. The van der Waals surface area contributed by atoms with Crippen LogP contribution >= 0.6 is 46.9 Å². The first-order valence-corrected chi connectivity index (χ1v) is 11.3. The molecule has 0 N–H and O–H groups in total. The molecule has 0 aliphatic carbocycles. The van der Waals surface area contributed by atoms with E-state index >= 15 is 0 Å². The van der Waals surface area contributed by atoms with Crippen molar-refractivity contribution in [1.29, 1.82) is 0 Å². The third-order valence-corrected chi connectivity index (χ3v) is 6.58. The lowest BCUT2D eigenvalue weighted by Gasteiger charge is -2.25. The molecule has 1 heterocycles. The van der Waals surface area contributed by atoms with Crippen LogP contribution in [0.5, 0.6) is 0 Å². The van der Waals surface area contributed by atoms with Crippen LogP contribution in [0.25, 0.3) is 10.2 Å². The van der Waals surface area contributed by atoms with E-state index in [4.69, 9.17) is 28.2 Å². The van der Waals surface area contributed by atoms with Crippen molar-refractivity contribution in [2.45, 2.75) is 27.7 Å². The van der Waals surface area contributed by atoms with Gasteiger partial charge in [-0.3, -0.25) is 9.69 Å². The second-order valence-electron chi connectivity index (χ2n) is 7.03. The number of carbonyl (C=O) groups excluding carboxylic acids is 1. The SMILES string of the molecule is CCN(CC)CCN(C(=O)c1cc(Cl)ccc1Cl)c1nc2c(C)cc(C)cc2s1.Cl. The number of anilines is 1. The second-order valence-corrected chi connectivity index (χ2v) is 8.89. The number of carbonyl (C=O) groups is 1. The van der Waals surface area contributed by atoms with Crippen molar-refractivity contribution in [3.8, 4) is 0 Å². The van der Waals surface area contributed by atoms with Crippen molar-refractivity contribution in [2.24, 2.45) is 0 Å². The van der Waals surface area contributed by atoms with E-state index in [0.29, 0.717) is 27.3 Å². The molecule has 0 unspecified atom stereocenters. The number of halogens is 3. The Labute approximate surface area is 198 Å². The van der Waals surface area contributed by atoms with E-state index in [1.807, 2.05) is 0 Å². The number of fused-ring (bicyclic) bond motifs is 1. The summed E-state index contributed by atoms with van der Waals surface area (Å²) in [4.78, 5) is 22.3. The average Bonchev–Trinajstić information content (AvgIpc) is 3.10. The number of rotatable bonds is 7. The van der Waals surface area contributed by atoms with Gasteiger partial charge in [-0.05, 0) is 62.3 Å². The van der Waals surface area contributed by atoms with Gasteiger partial charge in [0.25, 0.3) is 5.91 Å². The van der Waals surface area contributed by atoms with Crippen LogP contribution in [-0.2, 0) is 0 Å².